The standard InChI is InChI=1S/C29H35ClF5N5O3/c30-21-4-6-23(24(14-21)40-12-10-38(11-13-40)9-7-29(33,34)35)37-28(43)22-5-3-20(26(31)27(22)32)15-36-25(42)17-39-8-1-2-19(16-39)18-41/h3-6,14,19,41H,1-2,7-13,15-18H2,(H,36,42)(H,37,43). The first-order chi connectivity index (χ1) is 20.4. The monoisotopic (exact) mass is 631 g/mol. The van der Waals surface area contributed by atoms with E-state index >= 15 is 4.39 Å². The molecule has 3 N–H and O–H groups in total. The largest absolute Gasteiger partial charge is 0.396 e. The van der Waals surface area contributed by atoms with Gasteiger partial charge >= 0.3 is 6.18 Å². The number of hydrogen-bond acceptors (Lipinski definition) is 6. The van der Waals surface area contributed by atoms with Crippen molar-refractivity contribution < 1.29 is 36.6 Å². The summed E-state index contributed by atoms with van der Waals surface area (Å²) in [5, 5.41) is 14.9. The van der Waals surface area contributed by atoms with Crippen LogP contribution in [0.3, 0.4) is 0 Å². The van der Waals surface area contributed by atoms with Gasteiger partial charge in [-0.25, -0.2) is 8.78 Å². The molecule has 2 aromatic rings. The van der Waals surface area contributed by atoms with Gasteiger partial charge in [0.2, 0.25) is 5.91 Å². The molecule has 1 atom stereocenters. The maximum Gasteiger partial charge on any atom is 0.390 e. The number of halogens is 6. The molecule has 236 valence electrons. The van der Waals surface area contributed by atoms with Gasteiger partial charge in [0.15, 0.2) is 11.6 Å². The summed E-state index contributed by atoms with van der Waals surface area (Å²) in [6.45, 7) is 2.55. The number of carbonyl (C=O) groups is 2. The van der Waals surface area contributed by atoms with Crippen LogP contribution in [0.15, 0.2) is 30.3 Å². The Bertz CT molecular complexity index is 1290. The van der Waals surface area contributed by atoms with Crippen LogP contribution in [0.4, 0.5) is 33.3 Å². The first kappa shape index (κ1) is 32.9. The highest BCUT2D eigenvalue weighted by molar-refractivity contribution is 6.31. The van der Waals surface area contributed by atoms with Crippen LogP contribution >= 0.6 is 11.6 Å². The van der Waals surface area contributed by atoms with E-state index in [4.69, 9.17) is 11.6 Å². The number of amides is 2. The van der Waals surface area contributed by atoms with Gasteiger partial charge in [0.25, 0.3) is 5.91 Å². The number of piperidine rings is 1. The average molecular weight is 632 g/mol. The second-order valence-corrected chi connectivity index (χ2v) is 11.3. The molecule has 2 fully saturated rings. The number of carbonyl (C=O) groups excluding carboxylic acids is 2. The van der Waals surface area contributed by atoms with Crippen molar-refractivity contribution in [3.63, 3.8) is 0 Å². The molecule has 43 heavy (non-hydrogen) atoms. The summed E-state index contributed by atoms with van der Waals surface area (Å²) in [4.78, 5) is 30.9. The highest BCUT2D eigenvalue weighted by Crippen LogP contribution is 2.31. The molecule has 2 saturated heterocycles. The van der Waals surface area contributed by atoms with Gasteiger partial charge in [-0.2, -0.15) is 13.2 Å². The van der Waals surface area contributed by atoms with Gasteiger partial charge < -0.3 is 20.6 Å². The fourth-order valence-corrected chi connectivity index (χ4v) is 5.52. The zero-order valence-corrected chi connectivity index (χ0v) is 24.3. The summed E-state index contributed by atoms with van der Waals surface area (Å²) < 4.78 is 67.7. The van der Waals surface area contributed by atoms with Crippen LogP contribution in [0.5, 0.6) is 0 Å². The number of hydrogen-bond donors (Lipinski definition) is 3. The summed E-state index contributed by atoms with van der Waals surface area (Å²) in [6, 6.07) is 7.02. The van der Waals surface area contributed by atoms with Gasteiger partial charge in [0.05, 0.1) is 29.9 Å². The quantitative estimate of drug-likeness (QED) is 0.340. The third-order valence-electron chi connectivity index (χ3n) is 7.74. The second kappa shape index (κ2) is 14.7. The lowest BCUT2D eigenvalue weighted by Crippen LogP contribution is -2.47. The Morgan fingerprint density at radius 3 is 2.44 bits per heavy atom. The normalized spacial score (nSPS) is 18.5. The van der Waals surface area contributed by atoms with Crippen LogP contribution < -0.4 is 15.5 Å². The van der Waals surface area contributed by atoms with Crippen LogP contribution in [0.25, 0.3) is 0 Å². The Labute approximate surface area is 251 Å². The van der Waals surface area contributed by atoms with Crippen molar-refractivity contribution in [1.82, 2.24) is 15.1 Å². The number of likely N-dealkylation sites (tertiary alicyclic amines) is 1. The van der Waals surface area contributed by atoms with Gasteiger partial charge in [-0.1, -0.05) is 17.7 Å². The number of benzene rings is 2. The molecule has 2 amide bonds. The Morgan fingerprint density at radius 2 is 1.74 bits per heavy atom. The number of rotatable bonds is 10. The molecule has 0 aliphatic carbocycles. The van der Waals surface area contributed by atoms with Crippen molar-refractivity contribution in [2.45, 2.75) is 32.0 Å². The topological polar surface area (TPSA) is 88.2 Å². The molecule has 0 aromatic heterocycles. The van der Waals surface area contributed by atoms with Crippen LogP contribution in [-0.4, -0.2) is 91.9 Å². The molecule has 1 unspecified atom stereocenters. The minimum absolute atomic E-state index is 0.0488. The Hall–Kier alpha value is -3.00. The van der Waals surface area contributed by atoms with Gasteiger partial charge in [-0.15, -0.1) is 0 Å². The lowest BCUT2D eigenvalue weighted by molar-refractivity contribution is -0.138. The Morgan fingerprint density at radius 1 is 1.00 bits per heavy atom. The summed E-state index contributed by atoms with van der Waals surface area (Å²) >= 11 is 6.17. The molecular formula is C29H35ClF5N5O3. The summed E-state index contributed by atoms with van der Waals surface area (Å²) in [6.07, 6.45) is -3.38. The molecule has 8 nitrogen and oxygen atoms in total. The highest BCUT2D eigenvalue weighted by atomic mass is 35.5. The maximum absolute atomic E-state index is 15.0. The van der Waals surface area contributed by atoms with E-state index in [0.717, 1.165) is 18.9 Å². The fraction of sp³-hybridized carbons (Fsp3) is 0.517. The molecule has 2 heterocycles. The van der Waals surface area contributed by atoms with Crippen LogP contribution in [0.1, 0.15) is 35.2 Å². The molecule has 0 spiro atoms. The van der Waals surface area contributed by atoms with E-state index in [2.05, 4.69) is 10.6 Å². The molecule has 0 saturated carbocycles. The number of piperazine rings is 1. The molecular weight excluding hydrogens is 597 g/mol. The van der Waals surface area contributed by atoms with E-state index in [1.54, 1.807) is 11.0 Å². The summed E-state index contributed by atoms with van der Waals surface area (Å²) in [5.74, 6) is -3.77. The smallest absolute Gasteiger partial charge is 0.390 e. The van der Waals surface area contributed by atoms with Crippen molar-refractivity contribution in [2.24, 2.45) is 5.92 Å². The minimum atomic E-state index is -4.24. The third-order valence-corrected chi connectivity index (χ3v) is 7.98. The second-order valence-electron chi connectivity index (χ2n) is 10.9. The molecule has 4 rings (SSSR count). The van der Waals surface area contributed by atoms with E-state index in [1.807, 2.05) is 9.80 Å². The molecule has 2 aliphatic rings. The van der Waals surface area contributed by atoms with E-state index in [9.17, 15) is 32.3 Å². The van der Waals surface area contributed by atoms with Crippen molar-refractivity contribution in [3.05, 3.63) is 58.1 Å². The SMILES string of the molecule is O=C(CN1CCCC(CO)C1)NCc1ccc(C(=O)Nc2ccc(Cl)cc2N2CCN(CCC(F)(F)F)CC2)c(F)c1F. The van der Waals surface area contributed by atoms with E-state index < -0.39 is 35.7 Å². The fourth-order valence-electron chi connectivity index (χ4n) is 5.36. The average Bonchev–Trinajstić information content (AvgIpc) is 2.97. The van der Waals surface area contributed by atoms with Gasteiger partial charge in [-0.05, 0) is 49.6 Å². The number of anilines is 2. The molecule has 2 aromatic carbocycles. The van der Waals surface area contributed by atoms with Gasteiger partial charge in [0, 0.05) is 63.0 Å². The Balaban J connectivity index is 1.36. The molecule has 2 aliphatic heterocycles. The van der Waals surface area contributed by atoms with Crippen molar-refractivity contribution >= 4 is 34.8 Å². The first-order valence-corrected chi connectivity index (χ1v) is 14.5. The van der Waals surface area contributed by atoms with E-state index in [-0.39, 0.29) is 49.3 Å². The lowest BCUT2D eigenvalue weighted by Gasteiger charge is -2.37. The van der Waals surface area contributed by atoms with E-state index in [1.165, 1.54) is 18.2 Å². The molecule has 0 bridgehead atoms. The minimum Gasteiger partial charge on any atom is -0.396 e. The zero-order valence-electron chi connectivity index (χ0n) is 23.5. The first-order valence-electron chi connectivity index (χ1n) is 14.1. The van der Waals surface area contributed by atoms with Crippen molar-refractivity contribution in [1.29, 1.82) is 0 Å². The number of aliphatic hydroxyl groups excluding tert-OH is 1. The number of nitrogens with zero attached hydrogens (tertiary/aromatic N) is 3. The molecule has 14 heteroatoms. The van der Waals surface area contributed by atoms with Gasteiger partial charge in [-0.3, -0.25) is 19.4 Å². The Kier molecular flexibility index (Phi) is 11.2. The highest BCUT2D eigenvalue weighted by Gasteiger charge is 2.29. The van der Waals surface area contributed by atoms with Crippen molar-refractivity contribution in [2.75, 3.05) is 69.2 Å². The lowest BCUT2D eigenvalue weighted by atomic mass is 9.99. The predicted octanol–water partition coefficient (Wildman–Crippen LogP) is 4.27. The van der Waals surface area contributed by atoms with Crippen LogP contribution in [-0.2, 0) is 11.3 Å². The van der Waals surface area contributed by atoms with Crippen LogP contribution in [0.2, 0.25) is 5.02 Å². The number of aliphatic hydroxyl groups is 1. The number of alkyl halides is 3. The summed E-state index contributed by atoms with van der Waals surface area (Å²) in [5.41, 5.74) is 0.143. The number of nitrogens with one attached hydrogen (secondary N) is 2. The molecule has 0 radical (unpaired) electrons. The van der Waals surface area contributed by atoms with Crippen molar-refractivity contribution in [3.8, 4) is 0 Å². The van der Waals surface area contributed by atoms with E-state index in [0.29, 0.717) is 50.0 Å². The zero-order chi connectivity index (χ0) is 31.1. The third kappa shape index (κ3) is 9.24. The predicted molar refractivity (Wildman–Crippen MR) is 153 cm³/mol. The van der Waals surface area contributed by atoms with Crippen LogP contribution in [0, 0.1) is 17.6 Å². The summed E-state index contributed by atoms with van der Waals surface area (Å²) in [7, 11) is 0. The maximum atomic E-state index is 15.0. The van der Waals surface area contributed by atoms with Gasteiger partial charge in [0.1, 0.15) is 0 Å².